The van der Waals surface area contributed by atoms with Gasteiger partial charge in [0.25, 0.3) is 5.69 Å². The Hall–Kier alpha value is -1.71. The van der Waals surface area contributed by atoms with Crippen LogP contribution in [0.15, 0.2) is 23.1 Å². The van der Waals surface area contributed by atoms with Crippen molar-refractivity contribution in [1.29, 1.82) is 0 Å². The van der Waals surface area contributed by atoms with Gasteiger partial charge in [0.05, 0.1) is 9.82 Å². The van der Waals surface area contributed by atoms with Gasteiger partial charge in [-0.05, 0) is 31.4 Å². The molecule has 0 saturated heterocycles. The number of nitrogen functional groups attached to an aromatic ring is 1. The SMILES string of the molecule is CCCN(C1CC1)S(=O)(=O)c1ccc(NN)c([N+](=O)[O-])c1. The zero-order valence-electron chi connectivity index (χ0n) is 11.7. The van der Waals surface area contributed by atoms with Crippen LogP contribution in [0, 0.1) is 10.1 Å². The number of hydrazine groups is 1. The third kappa shape index (κ3) is 3.14. The van der Waals surface area contributed by atoms with Crippen LogP contribution in [0.25, 0.3) is 0 Å². The Morgan fingerprint density at radius 3 is 2.62 bits per heavy atom. The quantitative estimate of drug-likeness (QED) is 0.446. The first-order chi connectivity index (χ1) is 9.91. The number of nitrogens with one attached hydrogen (secondary N) is 1. The molecule has 1 fully saturated rings. The first-order valence-electron chi connectivity index (χ1n) is 6.68. The number of sulfonamides is 1. The zero-order valence-corrected chi connectivity index (χ0v) is 12.5. The monoisotopic (exact) mass is 314 g/mol. The first kappa shape index (κ1) is 15.7. The predicted octanol–water partition coefficient (Wildman–Crippen LogP) is 1.44. The molecule has 2 rings (SSSR count). The molecule has 0 atom stereocenters. The van der Waals surface area contributed by atoms with Gasteiger partial charge in [-0.25, -0.2) is 8.42 Å². The molecule has 8 nitrogen and oxygen atoms in total. The minimum Gasteiger partial charge on any atom is -0.318 e. The smallest absolute Gasteiger partial charge is 0.294 e. The molecule has 1 aromatic rings. The van der Waals surface area contributed by atoms with Crippen molar-refractivity contribution >= 4 is 21.4 Å². The van der Waals surface area contributed by atoms with E-state index in [4.69, 9.17) is 5.84 Å². The average Bonchev–Trinajstić information content (AvgIpc) is 3.28. The lowest BCUT2D eigenvalue weighted by atomic mass is 10.3. The number of benzene rings is 1. The summed E-state index contributed by atoms with van der Waals surface area (Å²) < 4.78 is 26.7. The molecule has 0 radical (unpaired) electrons. The molecule has 0 aliphatic heterocycles. The van der Waals surface area contributed by atoms with E-state index in [1.165, 1.54) is 16.4 Å². The summed E-state index contributed by atoms with van der Waals surface area (Å²) in [4.78, 5) is 10.3. The fraction of sp³-hybridized carbons (Fsp3) is 0.500. The molecule has 0 unspecified atom stereocenters. The molecule has 3 N–H and O–H groups in total. The van der Waals surface area contributed by atoms with Gasteiger partial charge >= 0.3 is 0 Å². The number of rotatable bonds is 7. The van der Waals surface area contributed by atoms with Crippen LogP contribution in [0.1, 0.15) is 26.2 Å². The first-order valence-corrected chi connectivity index (χ1v) is 8.12. The third-order valence-corrected chi connectivity index (χ3v) is 5.27. The second-order valence-electron chi connectivity index (χ2n) is 4.93. The summed E-state index contributed by atoms with van der Waals surface area (Å²) in [7, 11) is -3.72. The van der Waals surface area contributed by atoms with Gasteiger partial charge in [-0.15, -0.1) is 0 Å². The van der Waals surface area contributed by atoms with Crippen molar-refractivity contribution < 1.29 is 13.3 Å². The third-order valence-electron chi connectivity index (χ3n) is 3.33. The summed E-state index contributed by atoms with van der Waals surface area (Å²) in [6.45, 7) is 2.31. The second kappa shape index (κ2) is 5.96. The highest BCUT2D eigenvalue weighted by Gasteiger charge is 2.38. The van der Waals surface area contributed by atoms with Crippen molar-refractivity contribution in [3.05, 3.63) is 28.3 Å². The molecule has 9 heteroatoms. The highest BCUT2D eigenvalue weighted by atomic mass is 32.2. The van der Waals surface area contributed by atoms with E-state index in [0.29, 0.717) is 13.0 Å². The second-order valence-corrected chi connectivity index (χ2v) is 6.82. The fourth-order valence-corrected chi connectivity index (χ4v) is 3.96. The van der Waals surface area contributed by atoms with Gasteiger partial charge in [0.1, 0.15) is 5.69 Å². The van der Waals surface area contributed by atoms with E-state index < -0.39 is 14.9 Å². The van der Waals surface area contributed by atoms with E-state index in [2.05, 4.69) is 5.43 Å². The van der Waals surface area contributed by atoms with E-state index in [-0.39, 0.29) is 22.3 Å². The fourth-order valence-electron chi connectivity index (χ4n) is 2.16. The van der Waals surface area contributed by atoms with Gasteiger partial charge in [-0.1, -0.05) is 6.92 Å². The van der Waals surface area contributed by atoms with E-state index in [9.17, 15) is 18.5 Å². The van der Waals surface area contributed by atoms with Crippen LogP contribution in [-0.4, -0.2) is 30.2 Å². The van der Waals surface area contributed by atoms with Crippen molar-refractivity contribution in [1.82, 2.24) is 4.31 Å². The summed E-state index contributed by atoms with van der Waals surface area (Å²) in [6.07, 6.45) is 2.37. The molecule has 1 aromatic carbocycles. The van der Waals surface area contributed by atoms with Gasteiger partial charge in [0, 0.05) is 18.7 Å². The summed E-state index contributed by atoms with van der Waals surface area (Å²) in [5, 5.41) is 11.0. The molecule has 116 valence electrons. The van der Waals surface area contributed by atoms with Crippen molar-refractivity contribution in [3.8, 4) is 0 Å². The lowest BCUT2D eigenvalue weighted by Gasteiger charge is -2.21. The minimum absolute atomic E-state index is 0.0151. The predicted molar refractivity (Wildman–Crippen MR) is 78.1 cm³/mol. The van der Waals surface area contributed by atoms with Crippen molar-refractivity contribution in [2.24, 2.45) is 5.84 Å². The minimum atomic E-state index is -3.72. The van der Waals surface area contributed by atoms with Gasteiger partial charge in [-0.2, -0.15) is 4.31 Å². The normalized spacial score (nSPS) is 15.2. The van der Waals surface area contributed by atoms with E-state index in [1.807, 2.05) is 6.92 Å². The van der Waals surface area contributed by atoms with Gasteiger partial charge < -0.3 is 5.43 Å². The number of hydrogen-bond donors (Lipinski definition) is 2. The Bertz CT molecular complexity index is 643. The molecule has 1 saturated carbocycles. The number of nitro groups is 1. The van der Waals surface area contributed by atoms with Crippen LogP contribution in [0.3, 0.4) is 0 Å². The maximum atomic E-state index is 12.6. The number of nitrogens with zero attached hydrogens (tertiary/aromatic N) is 2. The van der Waals surface area contributed by atoms with Crippen molar-refractivity contribution in [3.63, 3.8) is 0 Å². The molecule has 1 aliphatic rings. The molecule has 0 spiro atoms. The molecular weight excluding hydrogens is 296 g/mol. The highest BCUT2D eigenvalue weighted by molar-refractivity contribution is 7.89. The van der Waals surface area contributed by atoms with Crippen LogP contribution in [-0.2, 0) is 10.0 Å². The summed E-state index contributed by atoms with van der Waals surface area (Å²) in [6, 6.07) is 3.71. The van der Waals surface area contributed by atoms with Gasteiger partial charge in [0.15, 0.2) is 0 Å². The Balaban J connectivity index is 2.44. The highest BCUT2D eigenvalue weighted by Crippen LogP contribution is 2.34. The van der Waals surface area contributed by atoms with Crippen LogP contribution in [0.4, 0.5) is 11.4 Å². The Labute approximate surface area is 123 Å². The maximum absolute atomic E-state index is 12.6. The number of nitro benzene ring substituents is 1. The topological polar surface area (TPSA) is 119 Å². The van der Waals surface area contributed by atoms with Gasteiger partial charge in [0.2, 0.25) is 10.0 Å². The van der Waals surface area contributed by atoms with E-state index in [0.717, 1.165) is 18.9 Å². The molecule has 1 aliphatic carbocycles. The molecule has 0 heterocycles. The lowest BCUT2D eigenvalue weighted by Crippen LogP contribution is -2.33. The lowest BCUT2D eigenvalue weighted by molar-refractivity contribution is -0.384. The Morgan fingerprint density at radius 1 is 1.48 bits per heavy atom. The molecule has 0 amide bonds. The summed E-state index contributed by atoms with van der Waals surface area (Å²) in [5.41, 5.74) is 1.92. The Morgan fingerprint density at radius 2 is 2.14 bits per heavy atom. The largest absolute Gasteiger partial charge is 0.318 e. The summed E-state index contributed by atoms with van der Waals surface area (Å²) in [5.74, 6) is 5.20. The standard InChI is InChI=1S/C12H18N4O4S/c1-2-7-15(9-3-4-9)21(19,20)10-5-6-11(14-13)12(8-10)16(17)18/h5-6,8-9,14H,2-4,7,13H2,1H3. The van der Waals surface area contributed by atoms with E-state index in [1.54, 1.807) is 0 Å². The van der Waals surface area contributed by atoms with Crippen LogP contribution < -0.4 is 11.3 Å². The molecule has 0 aromatic heterocycles. The average molecular weight is 314 g/mol. The zero-order chi connectivity index (χ0) is 15.6. The Kier molecular flexibility index (Phi) is 4.45. The number of anilines is 1. The van der Waals surface area contributed by atoms with Crippen molar-refractivity contribution in [2.75, 3.05) is 12.0 Å². The summed E-state index contributed by atoms with van der Waals surface area (Å²) >= 11 is 0. The number of nitrogens with two attached hydrogens (primary N) is 1. The maximum Gasteiger partial charge on any atom is 0.294 e. The number of hydrogen-bond acceptors (Lipinski definition) is 6. The van der Waals surface area contributed by atoms with E-state index >= 15 is 0 Å². The van der Waals surface area contributed by atoms with Crippen LogP contribution in [0.5, 0.6) is 0 Å². The van der Waals surface area contributed by atoms with Crippen LogP contribution >= 0.6 is 0 Å². The molecule has 0 bridgehead atoms. The molecular formula is C12H18N4O4S. The van der Waals surface area contributed by atoms with Crippen molar-refractivity contribution in [2.45, 2.75) is 37.1 Å². The molecule has 21 heavy (non-hydrogen) atoms. The van der Waals surface area contributed by atoms with Gasteiger partial charge in [-0.3, -0.25) is 16.0 Å². The van der Waals surface area contributed by atoms with Crippen LogP contribution in [0.2, 0.25) is 0 Å².